The van der Waals surface area contributed by atoms with Crippen LogP contribution in [0, 0.1) is 0 Å². The highest BCUT2D eigenvalue weighted by Crippen LogP contribution is 2.20. The quantitative estimate of drug-likeness (QED) is 0.657. The fourth-order valence-corrected chi connectivity index (χ4v) is 5.06. The molecule has 0 aromatic carbocycles. The topological polar surface area (TPSA) is 71.9 Å². The van der Waals surface area contributed by atoms with Gasteiger partial charge in [-0.3, -0.25) is 9.59 Å². The van der Waals surface area contributed by atoms with Crippen LogP contribution in [0.25, 0.3) is 0 Å². The monoisotopic (exact) mass is 380 g/mol. The van der Waals surface area contributed by atoms with Gasteiger partial charge >= 0.3 is 11.8 Å². The molecule has 3 N–H and O–H groups in total. The average molecular weight is 381 g/mol. The Morgan fingerprint density at radius 3 is 2.58 bits per heavy atom. The zero-order valence-corrected chi connectivity index (χ0v) is 16.3. The summed E-state index contributed by atoms with van der Waals surface area (Å²) < 4.78 is 5.48. The normalized spacial score (nSPS) is 21.7. The lowest BCUT2D eigenvalue weighted by atomic mass is 9.95. The fraction of sp³-hybridized carbons (Fsp3) is 0.684. The third kappa shape index (κ3) is 5.05. The number of rotatable bonds is 5. The van der Waals surface area contributed by atoms with E-state index >= 15 is 0 Å². The van der Waals surface area contributed by atoms with Gasteiger partial charge in [-0.2, -0.15) is 0 Å². The summed E-state index contributed by atoms with van der Waals surface area (Å²) in [5.41, 5.74) is 0. The average Bonchev–Trinajstić information content (AvgIpc) is 3.17. The number of thiophene rings is 1. The Morgan fingerprint density at radius 2 is 1.92 bits per heavy atom. The maximum Gasteiger partial charge on any atom is 0.309 e. The van der Waals surface area contributed by atoms with Crippen LogP contribution in [0.5, 0.6) is 0 Å². The van der Waals surface area contributed by atoms with Crippen LogP contribution in [-0.2, 0) is 14.3 Å². The van der Waals surface area contributed by atoms with E-state index < -0.39 is 11.8 Å². The van der Waals surface area contributed by atoms with Gasteiger partial charge < -0.3 is 20.3 Å². The summed E-state index contributed by atoms with van der Waals surface area (Å²) in [4.78, 5) is 27.4. The van der Waals surface area contributed by atoms with E-state index in [-0.39, 0.29) is 18.1 Å². The second-order valence-corrected chi connectivity index (χ2v) is 8.31. The first kappa shape index (κ1) is 19.3. The molecular weight excluding hydrogens is 350 g/mol. The van der Waals surface area contributed by atoms with Crippen molar-refractivity contribution < 1.29 is 19.2 Å². The molecular formula is C19H30N3O3S+. The number of nitrogens with one attached hydrogen (secondary N) is 3. The molecule has 26 heavy (non-hydrogen) atoms. The Hall–Kier alpha value is -1.44. The van der Waals surface area contributed by atoms with Crippen LogP contribution in [0.3, 0.4) is 0 Å². The largest absolute Gasteiger partial charge is 0.370 e. The van der Waals surface area contributed by atoms with Crippen LogP contribution in [0.2, 0.25) is 0 Å². The van der Waals surface area contributed by atoms with E-state index in [9.17, 15) is 9.59 Å². The highest BCUT2D eigenvalue weighted by atomic mass is 32.1. The number of hydrogen-bond donors (Lipinski definition) is 3. The molecule has 0 unspecified atom stereocenters. The predicted octanol–water partition coefficient (Wildman–Crippen LogP) is 0.658. The smallest absolute Gasteiger partial charge is 0.309 e. The van der Waals surface area contributed by atoms with E-state index in [1.807, 2.05) is 13.0 Å². The van der Waals surface area contributed by atoms with E-state index in [1.54, 1.807) is 11.3 Å². The summed E-state index contributed by atoms with van der Waals surface area (Å²) >= 11 is 1.70. The van der Waals surface area contributed by atoms with Crippen molar-refractivity contribution >= 4 is 23.2 Å². The van der Waals surface area contributed by atoms with Crippen molar-refractivity contribution in [2.75, 3.05) is 26.3 Å². The number of quaternary nitrogens is 1. The van der Waals surface area contributed by atoms with Crippen LogP contribution >= 0.6 is 11.3 Å². The molecule has 2 amide bonds. The molecule has 2 fully saturated rings. The lowest BCUT2D eigenvalue weighted by molar-refractivity contribution is -0.939. The molecule has 1 aromatic rings. The zero-order valence-electron chi connectivity index (χ0n) is 15.5. The van der Waals surface area contributed by atoms with Crippen molar-refractivity contribution in [3.63, 3.8) is 0 Å². The van der Waals surface area contributed by atoms with Gasteiger partial charge in [-0.05, 0) is 31.2 Å². The summed E-state index contributed by atoms with van der Waals surface area (Å²) in [6, 6.07) is 4.33. The van der Waals surface area contributed by atoms with Gasteiger partial charge in [0.25, 0.3) is 0 Å². The van der Waals surface area contributed by atoms with Gasteiger partial charge in [0, 0.05) is 6.04 Å². The molecule has 3 rings (SSSR count). The molecule has 1 aliphatic carbocycles. The summed E-state index contributed by atoms with van der Waals surface area (Å²) in [5.74, 6) is -1.01. The molecule has 6 nitrogen and oxygen atoms in total. The lowest BCUT2D eigenvalue weighted by Gasteiger charge is -2.34. The van der Waals surface area contributed by atoms with Gasteiger partial charge in [0.05, 0.1) is 24.1 Å². The first-order chi connectivity index (χ1) is 12.6. The Bertz CT molecular complexity index is 581. The second-order valence-electron chi connectivity index (χ2n) is 7.33. The van der Waals surface area contributed by atoms with Gasteiger partial charge in [0.15, 0.2) is 0 Å². The maximum absolute atomic E-state index is 12.4. The zero-order chi connectivity index (χ0) is 18.4. The lowest BCUT2D eigenvalue weighted by Crippen LogP contribution is -3.15. The third-order valence-corrected chi connectivity index (χ3v) is 6.39. The van der Waals surface area contributed by atoms with E-state index in [1.165, 1.54) is 16.2 Å². The van der Waals surface area contributed by atoms with Crippen molar-refractivity contribution in [3.05, 3.63) is 22.4 Å². The van der Waals surface area contributed by atoms with E-state index in [0.29, 0.717) is 0 Å². The molecule has 1 saturated carbocycles. The number of hydrogen-bond acceptors (Lipinski definition) is 4. The first-order valence-electron chi connectivity index (χ1n) is 9.72. The van der Waals surface area contributed by atoms with Gasteiger partial charge in [0.1, 0.15) is 19.1 Å². The van der Waals surface area contributed by atoms with Crippen molar-refractivity contribution in [1.29, 1.82) is 0 Å². The van der Waals surface area contributed by atoms with Crippen LogP contribution in [-0.4, -0.2) is 50.2 Å². The van der Waals surface area contributed by atoms with Crippen LogP contribution in [0.1, 0.15) is 49.9 Å². The molecule has 7 heteroatoms. The molecule has 1 saturated heterocycles. The minimum absolute atomic E-state index is 0.119. The molecule has 0 radical (unpaired) electrons. The van der Waals surface area contributed by atoms with Crippen molar-refractivity contribution in [1.82, 2.24) is 10.6 Å². The van der Waals surface area contributed by atoms with Gasteiger partial charge in [0.2, 0.25) is 0 Å². The van der Waals surface area contributed by atoms with Gasteiger partial charge in [-0.15, -0.1) is 11.3 Å². The van der Waals surface area contributed by atoms with Crippen LogP contribution in [0.4, 0.5) is 0 Å². The number of ether oxygens (including phenoxy) is 1. The molecule has 2 aliphatic rings. The Balaban J connectivity index is 1.60. The molecule has 144 valence electrons. The predicted molar refractivity (Wildman–Crippen MR) is 101 cm³/mol. The fourth-order valence-electron chi connectivity index (χ4n) is 4.07. The van der Waals surface area contributed by atoms with Crippen molar-refractivity contribution in [2.45, 2.75) is 57.2 Å². The van der Waals surface area contributed by atoms with Crippen LogP contribution in [0.15, 0.2) is 17.5 Å². The third-order valence-electron chi connectivity index (χ3n) is 5.43. The summed E-state index contributed by atoms with van der Waals surface area (Å²) in [5, 5.41) is 7.91. The number of amides is 2. The first-order valence-corrected chi connectivity index (χ1v) is 10.6. The van der Waals surface area contributed by atoms with Crippen LogP contribution < -0.4 is 15.5 Å². The summed E-state index contributed by atoms with van der Waals surface area (Å²) in [6.45, 7) is 5.30. The SMILES string of the molecule is C[C@@H](NC(=O)C(=O)NC1CCCCC1)[C@@H](c1cccs1)[NH+]1CCOCC1. The van der Waals surface area contributed by atoms with Gasteiger partial charge in [-0.25, -0.2) is 0 Å². The Kier molecular flexibility index (Phi) is 7.05. The summed E-state index contributed by atoms with van der Waals surface area (Å²) in [6.07, 6.45) is 5.43. The van der Waals surface area contributed by atoms with Crippen molar-refractivity contribution in [3.8, 4) is 0 Å². The molecule has 2 heterocycles. The number of carbonyl (C=O) groups is 2. The molecule has 0 spiro atoms. The standard InChI is InChI=1S/C19H29N3O3S/c1-14(20-18(23)19(24)21-15-6-3-2-4-7-15)17(16-8-5-13-26-16)22-9-11-25-12-10-22/h5,8,13-15,17H,2-4,6-7,9-12H2,1H3,(H,20,23)(H,21,24)/p+1/t14-,17+/m1/s1. The number of carbonyl (C=O) groups excluding carboxylic acids is 2. The van der Waals surface area contributed by atoms with E-state index in [2.05, 4.69) is 22.1 Å². The Labute approximate surface area is 159 Å². The molecule has 2 atom stereocenters. The summed E-state index contributed by atoms with van der Waals surface area (Å²) in [7, 11) is 0. The van der Waals surface area contributed by atoms with E-state index in [4.69, 9.17) is 4.74 Å². The molecule has 1 aliphatic heterocycles. The minimum atomic E-state index is -0.516. The number of morpholine rings is 1. The van der Waals surface area contributed by atoms with Gasteiger partial charge in [-0.1, -0.05) is 25.3 Å². The minimum Gasteiger partial charge on any atom is -0.370 e. The molecule has 0 bridgehead atoms. The second kappa shape index (κ2) is 9.48. The highest BCUT2D eigenvalue weighted by Gasteiger charge is 2.34. The highest BCUT2D eigenvalue weighted by molar-refractivity contribution is 7.10. The van der Waals surface area contributed by atoms with E-state index in [0.717, 1.165) is 52.0 Å². The Morgan fingerprint density at radius 1 is 1.19 bits per heavy atom. The molecule has 1 aromatic heterocycles. The maximum atomic E-state index is 12.4. The van der Waals surface area contributed by atoms with Crippen molar-refractivity contribution in [2.24, 2.45) is 0 Å².